The van der Waals surface area contributed by atoms with Crippen LogP contribution < -0.4 is 5.32 Å². The third kappa shape index (κ3) is 10.6. The molecule has 16 heteroatoms. The summed E-state index contributed by atoms with van der Waals surface area (Å²) in [6.45, 7) is 0.130. The number of sulfone groups is 1. The molecule has 1 N–H and O–H groups in total. The van der Waals surface area contributed by atoms with Gasteiger partial charge in [0.25, 0.3) is 11.8 Å². The van der Waals surface area contributed by atoms with Gasteiger partial charge in [-0.3, -0.25) is 14.4 Å². The van der Waals surface area contributed by atoms with Gasteiger partial charge in [-0.1, -0.05) is 69.4 Å². The van der Waals surface area contributed by atoms with Gasteiger partial charge in [0.2, 0.25) is 0 Å². The Kier molecular flexibility index (Phi) is 13.8. The van der Waals surface area contributed by atoms with Crippen LogP contribution in [0.25, 0.3) is 11.0 Å². The Bertz CT molecular complexity index is 2190. The predicted octanol–water partition coefficient (Wildman–Crippen LogP) is 7.48. The number of carbonyl (C=O) groups is 4. The quantitative estimate of drug-likeness (QED) is 0.0721. The lowest BCUT2D eigenvalue weighted by Gasteiger charge is -2.30. The van der Waals surface area contributed by atoms with E-state index in [2.05, 4.69) is 5.32 Å². The molecule has 2 aliphatic heterocycles. The molecule has 2 atom stereocenters. The van der Waals surface area contributed by atoms with Crippen molar-refractivity contribution < 1.29 is 41.5 Å². The Hall–Kier alpha value is -3.69. The number of nitrogens with one attached hydrogen (secondary N) is 1. The molecule has 1 saturated heterocycles. The van der Waals surface area contributed by atoms with Gasteiger partial charge in [-0.15, -0.1) is 0 Å². The third-order valence-electron chi connectivity index (χ3n) is 9.45. The minimum atomic E-state index is -3.56. The molecular weight excluding hydrogens is 808 g/mol. The Morgan fingerprint density at radius 1 is 1.04 bits per heavy atom. The van der Waals surface area contributed by atoms with Crippen molar-refractivity contribution in [3.05, 3.63) is 98.7 Å². The fourth-order valence-electron chi connectivity index (χ4n) is 6.54. The summed E-state index contributed by atoms with van der Waals surface area (Å²) in [4.78, 5) is 54.7. The van der Waals surface area contributed by atoms with Crippen LogP contribution in [-0.2, 0) is 48.3 Å². The first-order valence-electron chi connectivity index (χ1n) is 17.8. The summed E-state index contributed by atoms with van der Waals surface area (Å²) in [5.41, 5.74) is 2.81. The van der Waals surface area contributed by atoms with Crippen molar-refractivity contribution in [1.82, 2.24) is 10.2 Å². The highest BCUT2D eigenvalue weighted by atomic mass is 35.5. The molecule has 55 heavy (non-hydrogen) atoms. The fourth-order valence-corrected chi connectivity index (χ4v) is 11.0. The normalized spacial score (nSPS) is 16.1. The van der Waals surface area contributed by atoms with E-state index in [0.29, 0.717) is 52.5 Å². The Morgan fingerprint density at radius 3 is 2.64 bits per heavy atom. The first kappa shape index (κ1) is 41.0. The van der Waals surface area contributed by atoms with Crippen LogP contribution in [-0.4, -0.2) is 80.1 Å². The minimum Gasteiger partial charge on any atom is -0.464 e. The van der Waals surface area contributed by atoms with Crippen LogP contribution in [0.1, 0.15) is 69.5 Å². The molecule has 0 spiro atoms. The summed E-state index contributed by atoms with van der Waals surface area (Å²) >= 11 is 13.5. The molecule has 1 fully saturated rings. The molecule has 0 bridgehead atoms. The number of nitrogens with zero attached hydrogens (tertiary/aromatic N) is 1. The topological polar surface area (TPSA) is 149 Å². The highest BCUT2D eigenvalue weighted by Crippen LogP contribution is 2.40. The molecule has 0 saturated carbocycles. The number of fused-ring (bicyclic) bond motifs is 2. The maximum absolute atomic E-state index is 13.8. The van der Waals surface area contributed by atoms with Crippen molar-refractivity contribution in [3.8, 4) is 0 Å². The van der Waals surface area contributed by atoms with Crippen LogP contribution in [0.5, 0.6) is 0 Å². The van der Waals surface area contributed by atoms with Crippen molar-refractivity contribution in [2.24, 2.45) is 0 Å². The molecule has 0 aliphatic carbocycles. The smallest absolute Gasteiger partial charge is 0.329 e. The minimum absolute atomic E-state index is 0.0199. The van der Waals surface area contributed by atoms with Crippen molar-refractivity contribution in [1.29, 1.82) is 0 Å². The van der Waals surface area contributed by atoms with Gasteiger partial charge in [0.15, 0.2) is 9.84 Å². The monoisotopic (exact) mass is 846 g/mol. The van der Waals surface area contributed by atoms with E-state index in [1.807, 2.05) is 33.7 Å². The Morgan fingerprint density at radius 2 is 1.85 bits per heavy atom. The van der Waals surface area contributed by atoms with Gasteiger partial charge in [-0.25, -0.2) is 13.2 Å². The maximum atomic E-state index is 13.8. The van der Waals surface area contributed by atoms with Gasteiger partial charge in [-0.05, 0) is 78.8 Å². The molecule has 3 heterocycles. The standard InChI is InChI=1S/C39H40Cl2N2O9S3/c1-55(48,49)29-7-4-5-24(19-29)20-32(39(47)52-17-16-51-34(44)8-3-2-6-28-13-18-53-54-28)42-37(45)35-31(40)21-27-23-43(14-11-30(27)36(35)41)38(46)26-10-9-25-12-15-50-33(25)22-26/h4-5,7,9-10,12,15,19,21-22,28,32H,2-3,6,8,11,13-14,16-18,20,23H2,1H3,(H,42,45)/t28-,32?/m1/s1. The summed E-state index contributed by atoms with van der Waals surface area (Å²) in [5, 5.41) is 4.33. The van der Waals surface area contributed by atoms with Crippen molar-refractivity contribution in [3.63, 3.8) is 0 Å². The van der Waals surface area contributed by atoms with Crippen LogP contribution in [0, 0.1) is 0 Å². The number of hydrogen-bond donors (Lipinski definition) is 1. The summed E-state index contributed by atoms with van der Waals surface area (Å²) in [7, 11) is 0.237. The number of amides is 2. The van der Waals surface area contributed by atoms with E-state index in [9.17, 15) is 27.6 Å². The van der Waals surface area contributed by atoms with Gasteiger partial charge < -0.3 is 24.1 Å². The molecular formula is C39H40Cl2N2O9S3. The van der Waals surface area contributed by atoms with Crippen molar-refractivity contribution >= 4 is 89.3 Å². The predicted molar refractivity (Wildman–Crippen MR) is 214 cm³/mol. The van der Waals surface area contributed by atoms with E-state index in [1.54, 1.807) is 41.5 Å². The lowest BCUT2D eigenvalue weighted by molar-refractivity contribution is -0.153. The Labute approximate surface area is 337 Å². The molecule has 6 rings (SSSR count). The number of benzene rings is 3. The van der Waals surface area contributed by atoms with Crippen molar-refractivity contribution in [2.45, 2.75) is 67.7 Å². The van der Waals surface area contributed by atoms with Crippen LogP contribution >= 0.6 is 44.8 Å². The molecule has 1 unspecified atom stereocenters. The maximum Gasteiger partial charge on any atom is 0.329 e. The average molecular weight is 848 g/mol. The highest BCUT2D eigenvalue weighted by molar-refractivity contribution is 8.77. The van der Waals surface area contributed by atoms with Gasteiger partial charge in [0.1, 0.15) is 24.8 Å². The van der Waals surface area contributed by atoms with Gasteiger partial charge in [0.05, 0.1) is 26.8 Å². The van der Waals surface area contributed by atoms with E-state index in [4.69, 9.17) is 37.1 Å². The number of ether oxygens (including phenoxy) is 2. The lowest BCUT2D eigenvalue weighted by atomic mass is 9.95. The number of rotatable bonds is 15. The molecule has 0 radical (unpaired) electrons. The molecule has 2 aliphatic rings. The largest absolute Gasteiger partial charge is 0.464 e. The molecule has 3 aromatic carbocycles. The number of furan rings is 1. The zero-order valence-electron chi connectivity index (χ0n) is 30.0. The second-order valence-corrected chi connectivity index (χ2v) is 19.0. The molecule has 11 nitrogen and oxygen atoms in total. The number of esters is 2. The van der Waals surface area contributed by atoms with E-state index in [0.717, 1.165) is 24.5 Å². The zero-order chi connectivity index (χ0) is 39.1. The van der Waals surface area contributed by atoms with Gasteiger partial charge >= 0.3 is 11.9 Å². The first-order chi connectivity index (χ1) is 26.4. The number of halogens is 2. The van der Waals surface area contributed by atoms with Crippen LogP contribution in [0.2, 0.25) is 10.0 Å². The SMILES string of the molecule is CS(=O)(=O)c1cccc(CC(NC(=O)c2c(Cl)cc3c(c2Cl)CCN(C(=O)c2ccc4ccoc4c2)C3)C(=O)OCCOC(=O)CCCC[C@@H]2CCSS2)c1. The second-order valence-electron chi connectivity index (χ2n) is 13.4. The summed E-state index contributed by atoms with van der Waals surface area (Å²) in [5.74, 6) is -0.980. The highest BCUT2D eigenvalue weighted by Gasteiger charge is 2.31. The van der Waals surface area contributed by atoms with Gasteiger partial charge in [-0.2, -0.15) is 0 Å². The van der Waals surface area contributed by atoms with Crippen LogP contribution in [0.3, 0.4) is 0 Å². The first-order valence-corrected chi connectivity index (χ1v) is 22.9. The zero-order valence-corrected chi connectivity index (χ0v) is 34.0. The van der Waals surface area contributed by atoms with Crippen LogP contribution in [0.15, 0.2) is 70.2 Å². The van der Waals surface area contributed by atoms with E-state index in [-0.39, 0.29) is 65.0 Å². The number of hydrogen-bond acceptors (Lipinski definition) is 11. The van der Waals surface area contributed by atoms with Gasteiger partial charge in [0, 0.05) is 54.1 Å². The van der Waals surface area contributed by atoms with E-state index < -0.39 is 27.8 Å². The number of unbranched alkanes of at least 4 members (excludes halogenated alkanes) is 1. The fraction of sp³-hybridized carbons (Fsp3) is 0.385. The van der Waals surface area contributed by atoms with Crippen LogP contribution in [0.4, 0.5) is 0 Å². The summed E-state index contributed by atoms with van der Waals surface area (Å²) < 4.78 is 40.6. The lowest BCUT2D eigenvalue weighted by Crippen LogP contribution is -2.44. The molecule has 1 aromatic heterocycles. The molecule has 292 valence electrons. The average Bonchev–Trinajstić information content (AvgIpc) is 3.86. The third-order valence-corrected chi connectivity index (χ3v) is 14.3. The van der Waals surface area contributed by atoms with Crippen molar-refractivity contribution in [2.75, 3.05) is 31.8 Å². The summed E-state index contributed by atoms with van der Waals surface area (Å²) in [6.07, 6.45) is 7.04. The molecule has 4 aromatic rings. The second kappa shape index (κ2) is 18.5. The number of carbonyl (C=O) groups excluding carboxylic acids is 4. The van der Waals surface area contributed by atoms with E-state index >= 15 is 0 Å². The Balaban J connectivity index is 1.11. The van der Waals surface area contributed by atoms with E-state index in [1.165, 1.54) is 24.3 Å². The summed E-state index contributed by atoms with van der Waals surface area (Å²) in [6, 6.07) is 13.4. The molecule has 2 amide bonds.